The van der Waals surface area contributed by atoms with Gasteiger partial charge in [0.05, 0.1) is 11.8 Å². The topological polar surface area (TPSA) is 80.8 Å². The molecule has 6 nitrogen and oxygen atoms in total. The molecule has 1 saturated carbocycles. The number of carbonyl (C=O) groups is 4. The number of rotatable bonds is 7. The van der Waals surface area contributed by atoms with Gasteiger partial charge < -0.3 is 4.74 Å². The summed E-state index contributed by atoms with van der Waals surface area (Å²) in [6.45, 7) is -0.484. The number of nitrogens with zero attached hydrogens (tertiary/aromatic N) is 1. The predicted molar refractivity (Wildman–Crippen MR) is 120 cm³/mol. The highest BCUT2D eigenvalue weighted by atomic mass is 35.5. The summed E-state index contributed by atoms with van der Waals surface area (Å²) in [7, 11) is 0. The third-order valence-corrected chi connectivity index (χ3v) is 7.12. The van der Waals surface area contributed by atoms with Crippen molar-refractivity contribution in [2.45, 2.75) is 18.9 Å². The van der Waals surface area contributed by atoms with Gasteiger partial charge in [-0.25, -0.2) is 4.79 Å². The van der Waals surface area contributed by atoms with Crippen LogP contribution in [0.15, 0.2) is 66.7 Å². The monoisotopic (exact) mass is 463 g/mol. The van der Waals surface area contributed by atoms with Gasteiger partial charge in [0.25, 0.3) is 0 Å². The van der Waals surface area contributed by atoms with Crippen LogP contribution in [0.3, 0.4) is 0 Å². The molecule has 0 spiro atoms. The van der Waals surface area contributed by atoms with E-state index in [1.165, 1.54) is 0 Å². The summed E-state index contributed by atoms with van der Waals surface area (Å²) >= 11 is 5.86. The molecule has 0 radical (unpaired) electrons. The summed E-state index contributed by atoms with van der Waals surface area (Å²) in [5.41, 5.74) is 1.15. The van der Waals surface area contributed by atoms with Crippen LogP contribution in [0, 0.1) is 23.7 Å². The fraction of sp³-hybridized carbons (Fsp3) is 0.308. The number of carbonyl (C=O) groups excluding carboxylic acids is 4. The number of likely N-dealkylation sites (tertiary alicyclic amines) is 1. The number of ether oxygens (including phenoxy) is 1. The molecule has 1 saturated heterocycles. The zero-order chi connectivity index (χ0) is 23.1. The van der Waals surface area contributed by atoms with Crippen LogP contribution in [0.25, 0.3) is 0 Å². The van der Waals surface area contributed by atoms with Crippen LogP contribution in [0.2, 0.25) is 5.02 Å². The largest absolute Gasteiger partial charge is 0.456 e. The Morgan fingerprint density at radius 3 is 2.15 bits per heavy atom. The maximum atomic E-state index is 13.3. The van der Waals surface area contributed by atoms with Crippen molar-refractivity contribution in [2.24, 2.45) is 23.7 Å². The van der Waals surface area contributed by atoms with Crippen molar-refractivity contribution in [3.8, 4) is 0 Å². The van der Waals surface area contributed by atoms with E-state index in [0.29, 0.717) is 10.6 Å². The summed E-state index contributed by atoms with van der Waals surface area (Å²) in [5.74, 6) is -2.52. The van der Waals surface area contributed by atoms with Crippen molar-refractivity contribution < 1.29 is 23.9 Å². The first-order chi connectivity index (χ1) is 15.9. The Kier molecular flexibility index (Phi) is 5.62. The quantitative estimate of drug-likeness (QED) is 0.272. The number of hydrogen-bond donors (Lipinski definition) is 0. The van der Waals surface area contributed by atoms with E-state index in [1.54, 1.807) is 24.3 Å². The zero-order valence-corrected chi connectivity index (χ0v) is 18.5. The standard InChI is InChI=1S/C26H22ClNO5/c27-19-10-8-16(9-11-19)21(29)14-33-26(32)20(12-15-4-2-1-3-5-15)28-24(30)22-17-6-7-18(13-17)23(22)25(28)31/h1-11,17-18,20,22-23H,12-14H2/t17-,18-,20-,22-,23-/m0/s1. The Balaban J connectivity index is 1.36. The van der Waals surface area contributed by atoms with Gasteiger partial charge in [0, 0.05) is 17.0 Å². The first kappa shape index (κ1) is 21.6. The Bertz CT molecular complexity index is 1110. The number of halogens is 1. The highest BCUT2D eigenvalue weighted by molar-refractivity contribution is 6.30. The van der Waals surface area contributed by atoms with Crippen molar-refractivity contribution in [3.63, 3.8) is 0 Å². The normalized spacial score (nSPS) is 25.9. The number of amides is 2. The average molecular weight is 464 g/mol. The molecule has 5 atom stereocenters. The molecule has 0 aromatic heterocycles. The first-order valence-corrected chi connectivity index (χ1v) is 11.4. The van der Waals surface area contributed by atoms with E-state index in [4.69, 9.17) is 16.3 Å². The molecule has 2 amide bonds. The number of esters is 1. The molecule has 168 valence electrons. The predicted octanol–water partition coefficient (Wildman–Crippen LogP) is 3.48. The van der Waals surface area contributed by atoms with Crippen molar-refractivity contribution in [1.82, 2.24) is 4.90 Å². The van der Waals surface area contributed by atoms with Gasteiger partial charge in [-0.05, 0) is 48.1 Å². The molecule has 0 N–H and O–H groups in total. The van der Waals surface area contributed by atoms with Crippen LogP contribution in [0.4, 0.5) is 0 Å². The van der Waals surface area contributed by atoms with E-state index in [-0.39, 0.29) is 30.1 Å². The van der Waals surface area contributed by atoms with Crippen molar-refractivity contribution in [3.05, 3.63) is 82.9 Å². The highest BCUT2D eigenvalue weighted by Crippen LogP contribution is 2.53. The molecule has 7 heteroatoms. The van der Waals surface area contributed by atoms with Crippen LogP contribution in [0.5, 0.6) is 0 Å². The molecule has 3 aliphatic rings. The molecular weight excluding hydrogens is 442 g/mol. The van der Waals surface area contributed by atoms with E-state index >= 15 is 0 Å². The molecule has 33 heavy (non-hydrogen) atoms. The molecule has 1 heterocycles. The van der Waals surface area contributed by atoms with E-state index < -0.39 is 36.2 Å². The molecule has 1 aliphatic heterocycles. The zero-order valence-electron chi connectivity index (χ0n) is 17.7. The lowest BCUT2D eigenvalue weighted by Gasteiger charge is -2.26. The molecule has 2 aliphatic carbocycles. The summed E-state index contributed by atoms with van der Waals surface area (Å²) in [4.78, 5) is 53.3. The van der Waals surface area contributed by atoms with Gasteiger partial charge in [-0.2, -0.15) is 0 Å². The maximum Gasteiger partial charge on any atom is 0.330 e. The van der Waals surface area contributed by atoms with Gasteiger partial charge in [-0.15, -0.1) is 0 Å². The Hall–Kier alpha value is -3.25. The maximum absolute atomic E-state index is 13.3. The second-order valence-corrected chi connectivity index (χ2v) is 9.23. The Morgan fingerprint density at radius 1 is 0.939 bits per heavy atom. The summed E-state index contributed by atoms with van der Waals surface area (Å²) in [6, 6.07) is 14.3. The van der Waals surface area contributed by atoms with Crippen LogP contribution in [-0.4, -0.2) is 41.1 Å². The van der Waals surface area contributed by atoms with E-state index in [0.717, 1.165) is 16.9 Å². The fourth-order valence-electron chi connectivity index (χ4n) is 5.30. The van der Waals surface area contributed by atoms with Gasteiger partial charge in [0.1, 0.15) is 6.04 Å². The molecule has 2 aromatic carbocycles. The first-order valence-electron chi connectivity index (χ1n) is 11.0. The number of ketones is 1. The number of imide groups is 1. The molecule has 2 fully saturated rings. The minimum atomic E-state index is -1.12. The minimum absolute atomic E-state index is 0.0429. The van der Waals surface area contributed by atoms with E-state index in [2.05, 4.69) is 0 Å². The smallest absolute Gasteiger partial charge is 0.330 e. The molecule has 5 rings (SSSR count). The molecular formula is C26H22ClNO5. The van der Waals surface area contributed by atoms with Gasteiger partial charge in [0.2, 0.25) is 11.8 Å². The second-order valence-electron chi connectivity index (χ2n) is 8.79. The van der Waals surface area contributed by atoms with Crippen LogP contribution in [0.1, 0.15) is 22.3 Å². The lowest BCUT2D eigenvalue weighted by Crippen LogP contribution is -2.48. The van der Waals surface area contributed by atoms with Crippen LogP contribution in [-0.2, 0) is 25.5 Å². The van der Waals surface area contributed by atoms with E-state index in [1.807, 2.05) is 42.5 Å². The molecule has 0 unspecified atom stereocenters. The lowest BCUT2D eigenvalue weighted by atomic mass is 9.85. The number of hydrogen-bond acceptors (Lipinski definition) is 5. The van der Waals surface area contributed by atoms with Crippen LogP contribution >= 0.6 is 11.6 Å². The minimum Gasteiger partial charge on any atom is -0.456 e. The highest BCUT2D eigenvalue weighted by Gasteiger charge is 2.61. The van der Waals surface area contributed by atoms with Crippen LogP contribution < -0.4 is 0 Å². The van der Waals surface area contributed by atoms with Gasteiger partial charge in [-0.3, -0.25) is 19.3 Å². The Labute approximate surface area is 196 Å². The number of fused-ring (bicyclic) bond motifs is 5. The number of allylic oxidation sites excluding steroid dienone is 2. The van der Waals surface area contributed by atoms with Gasteiger partial charge >= 0.3 is 5.97 Å². The summed E-state index contributed by atoms with van der Waals surface area (Å²) in [5, 5.41) is 0.492. The van der Waals surface area contributed by atoms with Crippen molar-refractivity contribution in [2.75, 3.05) is 6.61 Å². The second kappa shape index (κ2) is 8.60. The van der Waals surface area contributed by atoms with Crippen molar-refractivity contribution >= 4 is 35.2 Å². The third-order valence-electron chi connectivity index (χ3n) is 6.87. The van der Waals surface area contributed by atoms with E-state index in [9.17, 15) is 19.2 Å². The fourth-order valence-corrected chi connectivity index (χ4v) is 5.43. The van der Waals surface area contributed by atoms with Gasteiger partial charge in [0.15, 0.2) is 12.4 Å². The van der Waals surface area contributed by atoms with Crippen molar-refractivity contribution in [1.29, 1.82) is 0 Å². The number of benzene rings is 2. The lowest BCUT2D eigenvalue weighted by molar-refractivity contribution is -0.158. The third kappa shape index (κ3) is 3.89. The average Bonchev–Trinajstić information content (AvgIpc) is 3.51. The molecule has 2 bridgehead atoms. The number of Topliss-reactive ketones (excluding diaryl/α,β-unsaturated/α-hetero) is 1. The summed E-state index contributed by atoms with van der Waals surface area (Å²) in [6.07, 6.45) is 4.96. The summed E-state index contributed by atoms with van der Waals surface area (Å²) < 4.78 is 5.34. The molecule has 2 aromatic rings. The Morgan fingerprint density at radius 2 is 1.55 bits per heavy atom. The van der Waals surface area contributed by atoms with Gasteiger partial charge in [-0.1, -0.05) is 54.1 Å². The SMILES string of the molecule is O=C(COC(=O)[C@H](Cc1ccccc1)N1C(=O)[C@@H]2[C@@H](C1=O)[C@H]1C=C[C@H]2C1)c1ccc(Cl)cc1.